The summed E-state index contributed by atoms with van der Waals surface area (Å²) in [6.45, 7) is 1.59. The third-order valence-electron chi connectivity index (χ3n) is 6.63. The molecule has 168 valence electrons. The molecule has 4 aromatic rings. The van der Waals surface area contributed by atoms with Crippen LogP contribution >= 0.6 is 0 Å². The van der Waals surface area contributed by atoms with Gasteiger partial charge in [0, 0.05) is 17.4 Å². The Morgan fingerprint density at radius 3 is 2.29 bits per heavy atom. The van der Waals surface area contributed by atoms with Crippen molar-refractivity contribution in [2.45, 2.75) is 18.3 Å². The molecule has 0 spiro atoms. The lowest BCUT2D eigenvalue weighted by molar-refractivity contribution is -0.122. The molecule has 2 heterocycles. The van der Waals surface area contributed by atoms with E-state index in [9.17, 15) is 4.79 Å². The second-order valence-corrected chi connectivity index (χ2v) is 8.62. The van der Waals surface area contributed by atoms with Crippen LogP contribution in [0.5, 0.6) is 0 Å². The fraction of sp³-hybridized carbons (Fsp3) is 0.179. The standard InChI is InChI=1S/C28H25N5O/c29-17-20-4-6-21(7-5-20)23-2-1-3-26(16-23)33-27(34)28(12-14-30-15-13-28)25-10-8-22(9-11-25)24-18-31-32-19-24/h1-11,16,18-19,30H,12-15H2,(H,31,32)(H,33,34). The quantitative estimate of drug-likeness (QED) is 0.407. The van der Waals surface area contributed by atoms with Gasteiger partial charge in [-0.2, -0.15) is 10.4 Å². The van der Waals surface area contributed by atoms with Crippen molar-refractivity contribution >= 4 is 11.6 Å². The van der Waals surface area contributed by atoms with Crippen molar-refractivity contribution in [3.05, 3.63) is 96.3 Å². The van der Waals surface area contributed by atoms with Crippen LogP contribution in [-0.2, 0) is 10.2 Å². The molecule has 0 bridgehead atoms. The largest absolute Gasteiger partial charge is 0.325 e. The number of H-pyrrole nitrogens is 1. The van der Waals surface area contributed by atoms with Gasteiger partial charge in [-0.1, -0.05) is 48.5 Å². The van der Waals surface area contributed by atoms with Gasteiger partial charge in [-0.3, -0.25) is 9.89 Å². The summed E-state index contributed by atoms with van der Waals surface area (Å²) >= 11 is 0. The molecule has 1 saturated heterocycles. The Morgan fingerprint density at radius 1 is 0.912 bits per heavy atom. The van der Waals surface area contributed by atoms with Gasteiger partial charge >= 0.3 is 0 Å². The number of carbonyl (C=O) groups is 1. The van der Waals surface area contributed by atoms with Gasteiger partial charge in [-0.25, -0.2) is 0 Å². The summed E-state index contributed by atoms with van der Waals surface area (Å²) in [6, 6.07) is 25.7. The van der Waals surface area contributed by atoms with Crippen LogP contribution < -0.4 is 10.6 Å². The Hall–Kier alpha value is -4.21. The SMILES string of the molecule is N#Cc1ccc(-c2cccc(NC(=O)C3(c4ccc(-c5cn[nH]c5)cc4)CCNCC3)c2)cc1. The number of aromatic nitrogens is 2. The van der Waals surface area contributed by atoms with E-state index in [0.29, 0.717) is 5.56 Å². The van der Waals surface area contributed by atoms with Gasteiger partial charge in [-0.15, -0.1) is 0 Å². The average molecular weight is 448 g/mol. The first-order valence-corrected chi connectivity index (χ1v) is 11.4. The Balaban J connectivity index is 1.41. The van der Waals surface area contributed by atoms with Crippen molar-refractivity contribution in [1.29, 1.82) is 5.26 Å². The monoisotopic (exact) mass is 447 g/mol. The first-order chi connectivity index (χ1) is 16.7. The zero-order valence-corrected chi connectivity index (χ0v) is 18.7. The average Bonchev–Trinajstić information content (AvgIpc) is 3.45. The predicted octanol–water partition coefficient (Wildman–Crippen LogP) is 4.88. The van der Waals surface area contributed by atoms with Crippen molar-refractivity contribution in [2.75, 3.05) is 18.4 Å². The molecular weight excluding hydrogens is 422 g/mol. The molecule has 0 aliphatic carbocycles. The molecule has 6 nitrogen and oxygen atoms in total. The molecule has 1 aliphatic heterocycles. The lowest BCUT2D eigenvalue weighted by Crippen LogP contribution is -2.48. The molecule has 0 saturated carbocycles. The number of rotatable bonds is 5. The molecule has 1 fully saturated rings. The zero-order valence-electron chi connectivity index (χ0n) is 18.7. The van der Waals surface area contributed by atoms with Crippen molar-refractivity contribution in [2.24, 2.45) is 0 Å². The number of benzene rings is 3. The highest BCUT2D eigenvalue weighted by molar-refractivity contribution is 6.00. The number of anilines is 1. The molecule has 3 N–H and O–H groups in total. The smallest absolute Gasteiger partial charge is 0.235 e. The fourth-order valence-electron chi connectivity index (χ4n) is 4.66. The molecular formula is C28H25N5O. The molecule has 1 aliphatic rings. The van der Waals surface area contributed by atoms with Gasteiger partial charge in [0.2, 0.25) is 5.91 Å². The molecule has 5 rings (SSSR count). The Kier molecular flexibility index (Phi) is 5.94. The summed E-state index contributed by atoms with van der Waals surface area (Å²) in [4.78, 5) is 13.7. The van der Waals surface area contributed by atoms with E-state index in [0.717, 1.165) is 59.4 Å². The first kappa shape index (κ1) is 21.6. The second-order valence-electron chi connectivity index (χ2n) is 8.62. The summed E-state index contributed by atoms with van der Waals surface area (Å²) in [5.74, 6) is 0.0158. The molecule has 1 aromatic heterocycles. The van der Waals surface area contributed by atoms with Crippen molar-refractivity contribution in [3.8, 4) is 28.3 Å². The molecule has 6 heteroatoms. The molecule has 1 amide bonds. The third kappa shape index (κ3) is 4.21. The van der Waals surface area contributed by atoms with Gasteiger partial charge in [0.05, 0.1) is 23.2 Å². The van der Waals surface area contributed by atoms with Gasteiger partial charge in [-0.05, 0) is 72.5 Å². The number of hydrogen-bond donors (Lipinski definition) is 3. The summed E-state index contributed by atoms with van der Waals surface area (Å²) in [5.41, 5.74) is 5.91. The minimum Gasteiger partial charge on any atom is -0.325 e. The number of hydrogen-bond acceptors (Lipinski definition) is 4. The van der Waals surface area contributed by atoms with E-state index < -0.39 is 5.41 Å². The minimum absolute atomic E-state index is 0.0158. The number of nitrogens with zero attached hydrogens (tertiary/aromatic N) is 2. The molecule has 34 heavy (non-hydrogen) atoms. The Morgan fingerprint density at radius 2 is 1.62 bits per heavy atom. The minimum atomic E-state index is -0.593. The van der Waals surface area contributed by atoms with Crippen LogP contribution in [0.3, 0.4) is 0 Å². The van der Waals surface area contributed by atoms with E-state index in [4.69, 9.17) is 5.26 Å². The number of amides is 1. The van der Waals surface area contributed by atoms with E-state index >= 15 is 0 Å². The van der Waals surface area contributed by atoms with Crippen molar-refractivity contribution in [3.63, 3.8) is 0 Å². The number of carbonyl (C=O) groups excluding carboxylic acids is 1. The van der Waals surface area contributed by atoms with Gasteiger partial charge in [0.15, 0.2) is 0 Å². The second kappa shape index (κ2) is 9.34. The number of nitrogens with one attached hydrogen (secondary N) is 3. The number of piperidine rings is 1. The van der Waals surface area contributed by atoms with Crippen molar-refractivity contribution < 1.29 is 4.79 Å². The van der Waals surface area contributed by atoms with E-state index in [2.05, 4.69) is 51.2 Å². The maximum atomic E-state index is 13.7. The number of nitriles is 1. The fourth-order valence-corrected chi connectivity index (χ4v) is 4.66. The highest BCUT2D eigenvalue weighted by atomic mass is 16.2. The van der Waals surface area contributed by atoms with E-state index in [-0.39, 0.29) is 5.91 Å². The topological polar surface area (TPSA) is 93.6 Å². The highest BCUT2D eigenvalue weighted by Crippen LogP contribution is 2.36. The van der Waals surface area contributed by atoms with Crippen LogP contribution in [-0.4, -0.2) is 29.2 Å². The molecule has 0 atom stereocenters. The van der Waals surface area contributed by atoms with Gasteiger partial charge in [0.1, 0.15) is 0 Å². The van der Waals surface area contributed by atoms with Crippen LogP contribution in [0.15, 0.2) is 85.2 Å². The number of aromatic amines is 1. The molecule has 3 aromatic carbocycles. The summed E-state index contributed by atoms with van der Waals surface area (Å²) in [5, 5.41) is 22.5. The molecule has 0 unspecified atom stereocenters. The predicted molar refractivity (Wildman–Crippen MR) is 133 cm³/mol. The van der Waals surface area contributed by atoms with Crippen LogP contribution in [0.2, 0.25) is 0 Å². The van der Waals surface area contributed by atoms with E-state index in [1.807, 2.05) is 42.6 Å². The van der Waals surface area contributed by atoms with Crippen LogP contribution in [0.1, 0.15) is 24.0 Å². The van der Waals surface area contributed by atoms with Crippen LogP contribution in [0.25, 0.3) is 22.3 Å². The van der Waals surface area contributed by atoms with Crippen molar-refractivity contribution in [1.82, 2.24) is 15.5 Å². The molecule has 0 radical (unpaired) electrons. The zero-order chi connectivity index (χ0) is 23.4. The van der Waals surface area contributed by atoms with E-state index in [1.165, 1.54) is 0 Å². The summed E-state index contributed by atoms with van der Waals surface area (Å²) < 4.78 is 0. The normalized spacial score (nSPS) is 14.8. The lowest BCUT2D eigenvalue weighted by atomic mass is 9.72. The van der Waals surface area contributed by atoms with Crippen LogP contribution in [0.4, 0.5) is 5.69 Å². The van der Waals surface area contributed by atoms with Crippen LogP contribution in [0, 0.1) is 11.3 Å². The summed E-state index contributed by atoms with van der Waals surface area (Å²) in [6.07, 6.45) is 5.13. The summed E-state index contributed by atoms with van der Waals surface area (Å²) in [7, 11) is 0. The van der Waals surface area contributed by atoms with Gasteiger partial charge < -0.3 is 10.6 Å². The maximum absolute atomic E-state index is 13.7. The third-order valence-corrected chi connectivity index (χ3v) is 6.63. The Labute approximate surface area is 198 Å². The maximum Gasteiger partial charge on any atom is 0.235 e. The first-order valence-electron chi connectivity index (χ1n) is 11.4. The van der Waals surface area contributed by atoms with Gasteiger partial charge in [0.25, 0.3) is 0 Å². The highest BCUT2D eigenvalue weighted by Gasteiger charge is 2.41. The van der Waals surface area contributed by atoms with E-state index in [1.54, 1.807) is 18.3 Å². The Bertz CT molecular complexity index is 1310. The lowest BCUT2D eigenvalue weighted by Gasteiger charge is -2.37.